The molecule has 2 unspecified atom stereocenters. The van der Waals surface area contributed by atoms with E-state index in [9.17, 15) is 14.0 Å². The van der Waals surface area contributed by atoms with E-state index in [0.29, 0.717) is 27.8 Å². The summed E-state index contributed by atoms with van der Waals surface area (Å²) < 4.78 is 14.3. The molecule has 2 atom stereocenters. The highest BCUT2D eigenvalue weighted by atomic mass is 32.1. The number of rotatable bonds is 8. The fourth-order valence-corrected chi connectivity index (χ4v) is 3.90. The van der Waals surface area contributed by atoms with Crippen LogP contribution in [0.1, 0.15) is 12.8 Å². The van der Waals surface area contributed by atoms with Crippen LogP contribution >= 0.6 is 11.3 Å². The minimum absolute atomic E-state index is 0.0350. The van der Waals surface area contributed by atoms with Gasteiger partial charge in [-0.15, -0.1) is 10.2 Å². The zero-order chi connectivity index (χ0) is 19.9. The Morgan fingerprint density at radius 3 is 2.93 bits per heavy atom. The molecule has 0 spiro atoms. The van der Waals surface area contributed by atoms with Gasteiger partial charge in [-0.3, -0.25) is 4.79 Å². The normalized spacial score (nSPS) is 16.9. The van der Waals surface area contributed by atoms with Crippen molar-refractivity contribution < 1.29 is 14.0 Å². The van der Waals surface area contributed by atoms with Gasteiger partial charge in [-0.05, 0) is 44.0 Å². The predicted molar refractivity (Wildman–Crippen MR) is 105 cm³/mol. The SMILES string of the molecule is NCC(=O)Nc1cc(-c2nnc(NC(C(F)C=O)C3CCNCC3)s2)ccn1. The number of carbonyl (C=O) groups excluding carboxylic acids is 2. The molecule has 5 N–H and O–H groups in total. The summed E-state index contributed by atoms with van der Waals surface area (Å²) in [6, 6.07) is 2.75. The number of nitrogens with two attached hydrogens (primary N) is 1. The molecule has 9 nitrogen and oxygen atoms in total. The zero-order valence-electron chi connectivity index (χ0n) is 15.1. The first-order valence-electron chi connectivity index (χ1n) is 8.97. The topological polar surface area (TPSA) is 135 Å². The summed E-state index contributed by atoms with van der Waals surface area (Å²) in [4.78, 5) is 26.5. The lowest BCUT2D eigenvalue weighted by Crippen LogP contribution is -2.43. The largest absolute Gasteiger partial charge is 0.354 e. The Labute approximate surface area is 165 Å². The Hall–Kier alpha value is -2.50. The third-order valence-electron chi connectivity index (χ3n) is 4.54. The van der Waals surface area contributed by atoms with Crippen molar-refractivity contribution >= 4 is 34.5 Å². The molecule has 3 heterocycles. The van der Waals surface area contributed by atoms with E-state index in [2.05, 4.69) is 31.1 Å². The molecular formula is C17H22FN7O2S. The lowest BCUT2D eigenvalue weighted by molar-refractivity contribution is -0.115. The quantitative estimate of drug-likeness (QED) is 0.472. The molecule has 0 radical (unpaired) electrons. The molecule has 28 heavy (non-hydrogen) atoms. The predicted octanol–water partition coefficient (Wildman–Crippen LogP) is 0.814. The fourth-order valence-electron chi connectivity index (χ4n) is 3.11. The summed E-state index contributed by atoms with van der Waals surface area (Å²) in [6.07, 6.45) is 1.82. The molecule has 1 fully saturated rings. The Kier molecular flexibility index (Phi) is 6.95. The second kappa shape index (κ2) is 9.62. The molecule has 11 heteroatoms. The van der Waals surface area contributed by atoms with E-state index in [0.717, 1.165) is 25.9 Å². The number of nitrogens with zero attached hydrogens (tertiary/aromatic N) is 3. The second-order valence-electron chi connectivity index (χ2n) is 6.43. The Morgan fingerprint density at radius 2 is 2.21 bits per heavy atom. The molecule has 0 saturated carbocycles. The van der Waals surface area contributed by atoms with Crippen LogP contribution in [0.5, 0.6) is 0 Å². The number of nitrogens with one attached hydrogen (secondary N) is 3. The first-order chi connectivity index (χ1) is 13.6. The molecule has 3 rings (SSSR count). The number of carbonyl (C=O) groups is 2. The molecule has 0 bridgehead atoms. The van der Waals surface area contributed by atoms with Crippen molar-refractivity contribution in [3.8, 4) is 10.6 Å². The van der Waals surface area contributed by atoms with Gasteiger partial charge in [0.15, 0.2) is 12.5 Å². The number of anilines is 2. The van der Waals surface area contributed by atoms with Crippen molar-refractivity contribution in [3.05, 3.63) is 18.3 Å². The van der Waals surface area contributed by atoms with Gasteiger partial charge in [0.1, 0.15) is 10.8 Å². The molecule has 1 saturated heterocycles. The van der Waals surface area contributed by atoms with Crippen LogP contribution in [0, 0.1) is 5.92 Å². The Balaban J connectivity index is 1.74. The van der Waals surface area contributed by atoms with Crippen molar-refractivity contribution in [2.75, 3.05) is 30.3 Å². The number of halogens is 1. The van der Waals surface area contributed by atoms with E-state index in [1.54, 1.807) is 12.1 Å². The highest BCUT2D eigenvalue weighted by molar-refractivity contribution is 7.18. The van der Waals surface area contributed by atoms with Crippen molar-refractivity contribution in [2.24, 2.45) is 11.7 Å². The first-order valence-corrected chi connectivity index (χ1v) is 9.79. The molecule has 1 amide bonds. The molecule has 1 aliphatic rings. The van der Waals surface area contributed by atoms with E-state index in [1.807, 2.05) is 0 Å². The summed E-state index contributed by atoms with van der Waals surface area (Å²) in [6.45, 7) is 1.45. The number of aromatic nitrogens is 3. The van der Waals surface area contributed by atoms with E-state index in [-0.39, 0.29) is 18.4 Å². The van der Waals surface area contributed by atoms with Crippen LogP contribution in [-0.4, -0.2) is 59.2 Å². The number of pyridine rings is 1. The molecule has 0 aromatic carbocycles. The number of hydrogen-bond donors (Lipinski definition) is 4. The number of piperidine rings is 1. The van der Waals surface area contributed by atoms with Gasteiger partial charge in [-0.1, -0.05) is 11.3 Å². The van der Waals surface area contributed by atoms with Gasteiger partial charge in [0, 0.05) is 11.8 Å². The van der Waals surface area contributed by atoms with E-state index < -0.39 is 12.2 Å². The maximum Gasteiger partial charge on any atom is 0.239 e. The third-order valence-corrected chi connectivity index (χ3v) is 5.44. The molecule has 1 aliphatic heterocycles. The zero-order valence-corrected chi connectivity index (χ0v) is 15.9. The Morgan fingerprint density at radius 1 is 1.43 bits per heavy atom. The van der Waals surface area contributed by atoms with Crippen molar-refractivity contribution in [1.82, 2.24) is 20.5 Å². The van der Waals surface area contributed by atoms with Gasteiger partial charge in [0.25, 0.3) is 0 Å². The average Bonchev–Trinajstić information content (AvgIpc) is 3.21. The van der Waals surface area contributed by atoms with Gasteiger partial charge in [-0.2, -0.15) is 0 Å². The van der Waals surface area contributed by atoms with E-state index >= 15 is 0 Å². The summed E-state index contributed by atoms with van der Waals surface area (Å²) in [5.74, 6) is 0.0414. The first kappa shape index (κ1) is 20.2. The fraction of sp³-hybridized carbons (Fsp3) is 0.471. The van der Waals surface area contributed by atoms with Crippen LogP contribution in [0.2, 0.25) is 0 Å². The van der Waals surface area contributed by atoms with Crippen molar-refractivity contribution in [3.63, 3.8) is 0 Å². The van der Waals surface area contributed by atoms with Crippen LogP contribution < -0.4 is 21.7 Å². The van der Waals surface area contributed by atoms with Crippen LogP contribution in [0.3, 0.4) is 0 Å². The molecule has 2 aromatic heterocycles. The highest BCUT2D eigenvalue weighted by Crippen LogP contribution is 2.30. The molecule has 0 aliphatic carbocycles. The van der Waals surface area contributed by atoms with Gasteiger partial charge >= 0.3 is 0 Å². The summed E-state index contributed by atoms with van der Waals surface area (Å²) >= 11 is 1.24. The standard InChI is InChI=1S/C17H22FN7O2S/c18-12(9-26)15(10-1-4-20-5-2-10)23-17-25-24-16(28-17)11-3-6-21-13(7-11)22-14(27)8-19/h3,6-7,9-10,12,15,20H,1-2,4-5,8,19H2,(H,23,25)(H,21,22,27). The molecule has 150 valence electrons. The Bertz CT molecular complexity index is 812. The summed E-state index contributed by atoms with van der Waals surface area (Å²) in [5.41, 5.74) is 6.00. The van der Waals surface area contributed by atoms with Crippen LogP contribution in [-0.2, 0) is 9.59 Å². The maximum absolute atomic E-state index is 14.3. The van der Waals surface area contributed by atoms with Gasteiger partial charge < -0.3 is 26.5 Å². The minimum atomic E-state index is -1.62. The van der Waals surface area contributed by atoms with Crippen molar-refractivity contribution in [1.29, 1.82) is 0 Å². The number of aldehydes is 1. The molecule has 2 aromatic rings. The summed E-state index contributed by atoms with van der Waals surface area (Å²) in [7, 11) is 0. The van der Waals surface area contributed by atoms with E-state index in [1.165, 1.54) is 17.5 Å². The molecular weight excluding hydrogens is 385 g/mol. The van der Waals surface area contributed by atoms with Crippen LogP contribution in [0.4, 0.5) is 15.3 Å². The average molecular weight is 407 g/mol. The highest BCUT2D eigenvalue weighted by Gasteiger charge is 2.31. The van der Waals surface area contributed by atoms with Crippen molar-refractivity contribution in [2.45, 2.75) is 25.1 Å². The minimum Gasteiger partial charge on any atom is -0.354 e. The second-order valence-corrected chi connectivity index (χ2v) is 7.41. The lowest BCUT2D eigenvalue weighted by Gasteiger charge is -2.31. The third kappa shape index (κ3) is 5.06. The van der Waals surface area contributed by atoms with Gasteiger partial charge in [0.05, 0.1) is 12.6 Å². The number of hydrogen-bond acceptors (Lipinski definition) is 9. The van der Waals surface area contributed by atoms with Crippen LogP contribution in [0.25, 0.3) is 10.6 Å². The monoisotopic (exact) mass is 407 g/mol. The number of alkyl halides is 1. The summed E-state index contributed by atoms with van der Waals surface area (Å²) in [5, 5.41) is 18.1. The smallest absolute Gasteiger partial charge is 0.239 e. The van der Waals surface area contributed by atoms with E-state index in [4.69, 9.17) is 5.73 Å². The maximum atomic E-state index is 14.3. The number of amides is 1. The van der Waals surface area contributed by atoms with Crippen LogP contribution in [0.15, 0.2) is 18.3 Å². The van der Waals surface area contributed by atoms with Gasteiger partial charge in [-0.25, -0.2) is 9.37 Å². The van der Waals surface area contributed by atoms with Gasteiger partial charge in [0.2, 0.25) is 11.0 Å². The lowest BCUT2D eigenvalue weighted by atomic mass is 9.88.